The van der Waals surface area contributed by atoms with Crippen LogP contribution in [0.15, 0.2) is 10.6 Å². The van der Waals surface area contributed by atoms with Crippen molar-refractivity contribution in [1.29, 1.82) is 0 Å². The fourth-order valence-electron chi connectivity index (χ4n) is 1.78. The highest BCUT2D eigenvalue weighted by Gasteiger charge is 2.26. The molecule has 0 saturated heterocycles. The highest BCUT2D eigenvalue weighted by atomic mass is 16.5. The van der Waals surface area contributed by atoms with Crippen molar-refractivity contribution < 1.29 is 9.32 Å². The minimum absolute atomic E-state index is 0.0461. The van der Waals surface area contributed by atoms with Crippen LogP contribution in [0.3, 0.4) is 0 Å². The SMILES string of the molecule is CNC(=O)C(C)(C)CCc1cc(C#CC2CC2)on1. The molecule has 0 radical (unpaired) electrons. The summed E-state index contributed by atoms with van der Waals surface area (Å²) in [4.78, 5) is 11.7. The van der Waals surface area contributed by atoms with Crippen molar-refractivity contribution in [2.24, 2.45) is 11.3 Å². The quantitative estimate of drug-likeness (QED) is 0.844. The van der Waals surface area contributed by atoms with Gasteiger partial charge in [0.1, 0.15) is 0 Å². The van der Waals surface area contributed by atoms with Crippen LogP contribution in [0.4, 0.5) is 0 Å². The van der Waals surface area contributed by atoms with Crippen molar-refractivity contribution in [3.05, 3.63) is 17.5 Å². The van der Waals surface area contributed by atoms with Gasteiger partial charge in [-0.1, -0.05) is 24.9 Å². The second-order valence-corrected chi connectivity index (χ2v) is 5.69. The lowest BCUT2D eigenvalue weighted by Crippen LogP contribution is -2.34. The summed E-state index contributed by atoms with van der Waals surface area (Å²) in [6.07, 6.45) is 3.85. The maximum Gasteiger partial charge on any atom is 0.225 e. The number of carbonyl (C=O) groups is 1. The van der Waals surface area contributed by atoms with Gasteiger partial charge in [0.25, 0.3) is 0 Å². The number of carbonyl (C=O) groups excluding carboxylic acids is 1. The lowest BCUT2D eigenvalue weighted by Gasteiger charge is -2.21. The summed E-state index contributed by atoms with van der Waals surface area (Å²) in [5.41, 5.74) is 0.463. The Balaban J connectivity index is 1.89. The van der Waals surface area contributed by atoms with E-state index in [1.54, 1.807) is 7.05 Å². The van der Waals surface area contributed by atoms with E-state index in [1.165, 1.54) is 12.8 Å². The summed E-state index contributed by atoms with van der Waals surface area (Å²) in [6.45, 7) is 3.86. The van der Waals surface area contributed by atoms with Gasteiger partial charge in [0.2, 0.25) is 11.7 Å². The first kappa shape index (κ1) is 13.7. The Labute approximate surface area is 113 Å². The number of aryl methyl sites for hydroxylation is 1. The van der Waals surface area contributed by atoms with Crippen LogP contribution in [-0.2, 0) is 11.2 Å². The number of amides is 1. The maximum absolute atomic E-state index is 11.7. The molecule has 1 aliphatic rings. The molecule has 0 aliphatic heterocycles. The minimum atomic E-state index is -0.395. The fraction of sp³-hybridized carbons (Fsp3) is 0.600. The van der Waals surface area contributed by atoms with Gasteiger partial charge in [0, 0.05) is 24.4 Å². The van der Waals surface area contributed by atoms with Crippen LogP contribution in [0.25, 0.3) is 0 Å². The van der Waals surface area contributed by atoms with Gasteiger partial charge in [-0.3, -0.25) is 4.79 Å². The van der Waals surface area contributed by atoms with Crippen molar-refractivity contribution in [2.45, 2.75) is 39.5 Å². The number of rotatable bonds is 4. The molecule has 1 amide bonds. The van der Waals surface area contributed by atoms with E-state index in [2.05, 4.69) is 22.3 Å². The molecule has 0 unspecified atom stereocenters. The molecule has 1 N–H and O–H groups in total. The van der Waals surface area contributed by atoms with Crippen molar-refractivity contribution in [3.8, 4) is 11.8 Å². The van der Waals surface area contributed by atoms with Crippen LogP contribution in [0.1, 0.15) is 44.6 Å². The second kappa shape index (κ2) is 5.48. The largest absolute Gasteiger partial charge is 0.359 e. The molecule has 1 aromatic rings. The predicted octanol–water partition coefficient (Wildman–Crippen LogP) is 2.14. The minimum Gasteiger partial charge on any atom is -0.359 e. The van der Waals surface area contributed by atoms with Crippen molar-refractivity contribution in [2.75, 3.05) is 7.05 Å². The van der Waals surface area contributed by atoms with Crippen LogP contribution < -0.4 is 5.32 Å². The average Bonchev–Trinajstić information content (AvgIpc) is 3.11. The molecule has 1 saturated carbocycles. The molecule has 2 rings (SSSR count). The molecular weight excluding hydrogens is 240 g/mol. The van der Waals surface area contributed by atoms with E-state index in [-0.39, 0.29) is 5.91 Å². The zero-order valence-corrected chi connectivity index (χ0v) is 11.7. The van der Waals surface area contributed by atoms with Gasteiger partial charge in [0.05, 0.1) is 5.69 Å². The van der Waals surface area contributed by atoms with Gasteiger partial charge in [0.15, 0.2) is 0 Å². The number of hydrogen-bond donors (Lipinski definition) is 1. The molecule has 0 spiro atoms. The predicted molar refractivity (Wildman–Crippen MR) is 72.3 cm³/mol. The monoisotopic (exact) mass is 260 g/mol. The average molecular weight is 260 g/mol. The van der Waals surface area contributed by atoms with Gasteiger partial charge >= 0.3 is 0 Å². The standard InChI is InChI=1S/C15H20N2O2/c1-15(2,14(18)16-3)9-8-12-10-13(19-17-12)7-6-11-4-5-11/h10-11H,4-5,8-9H2,1-3H3,(H,16,18). The third-order valence-electron chi connectivity index (χ3n) is 3.38. The number of nitrogens with one attached hydrogen (secondary N) is 1. The van der Waals surface area contributed by atoms with Crippen molar-refractivity contribution in [3.63, 3.8) is 0 Å². The van der Waals surface area contributed by atoms with Crippen LogP contribution in [0.2, 0.25) is 0 Å². The van der Waals surface area contributed by atoms with E-state index in [9.17, 15) is 4.79 Å². The highest BCUT2D eigenvalue weighted by molar-refractivity contribution is 5.81. The smallest absolute Gasteiger partial charge is 0.225 e. The molecule has 0 atom stereocenters. The van der Waals surface area contributed by atoms with E-state index < -0.39 is 5.41 Å². The molecule has 0 aromatic carbocycles. The number of aromatic nitrogens is 1. The topological polar surface area (TPSA) is 55.1 Å². The molecular formula is C15H20N2O2. The first-order valence-corrected chi connectivity index (χ1v) is 6.70. The molecule has 1 aromatic heterocycles. The molecule has 4 nitrogen and oxygen atoms in total. The Kier molecular flexibility index (Phi) is 3.94. The summed E-state index contributed by atoms with van der Waals surface area (Å²) in [6, 6.07) is 1.87. The van der Waals surface area contributed by atoms with Gasteiger partial charge in [-0.2, -0.15) is 0 Å². The molecule has 1 fully saturated rings. The van der Waals surface area contributed by atoms with Crippen molar-refractivity contribution >= 4 is 5.91 Å². The van der Waals surface area contributed by atoms with Crippen molar-refractivity contribution in [1.82, 2.24) is 10.5 Å². The Bertz CT molecular complexity index is 516. The summed E-state index contributed by atoms with van der Waals surface area (Å²) in [5, 5.41) is 6.67. The van der Waals surface area contributed by atoms with E-state index >= 15 is 0 Å². The van der Waals surface area contributed by atoms with Crippen LogP contribution in [-0.4, -0.2) is 18.1 Å². The Morgan fingerprint density at radius 1 is 1.58 bits per heavy atom. The van der Waals surface area contributed by atoms with Crippen LogP contribution in [0, 0.1) is 23.2 Å². The molecule has 19 heavy (non-hydrogen) atoms. The zero-order valence-electron chi connectivity index (χ0n) is 11.7. The van der Waals surface area contributed by atoms with Gasteiger partial charge in [-0.05, 0) is 31.6 Å². The Morgan fingerprint density at radius 2 is 2.32 bits per heavy atom. The summed E-state index contributed by atoms with van der Waals surface area (Å²) >= 11 is 0. The van der Waals surface area contributed by atoms with Gasteiger partial charge < -0.3 is 9.84 Å². The fourth-order valence-corrected chi connectivity index (χ4v) is 1.78. The lowest BCUT2D eigenvalue weighted by atomic mass is 9.86. The third-order valence-corrected chi connectivity index (χ3v) is 3.38. The number of nitrogens with zero attached hydrogens (tertiary/aromatic N) is 1. The molecule has 0 bridgehead atoms. The van der Waals surface area contributed by atoms with Crippen LogP contribution in [0.5, 0.6) is 0 Å². The third kappa shape index (κ3) is 3.85. The first-order valence-electron chi connectivity index (χ1n) is 6.70. The van der Waals surface area contributed by atoms with Crippen LogP contribution >= 0.6 is 0 Å². The van der Waals surface area contributed by atoms with Gasteiger partial charge in [-0.25, -0.2) is 0 Å². The summed E-state index contributed by atoms with van der Waals surface area (Å²) < 4.78 is 5.17. The maximum atomic E-state index is 11.7. The molecule has 4 heteroatoms. The molecule has 1 heterocycles. The van der Waals surface area contributed by atoms with Gasteiger partial charge in [-0.15, -0.1) is 0 Å². The van der Waals surface area contributed by atoms with E-state index in [0.29, 0.717) is 11.7 Å². The van der Waals surface area contributed by atoms with E-state index in [1.807, 2.05) is 19.9 Å². The first-order chi connectivity index (χ1) is 9.01. The second-order valence-electron chi connectivity index (χ2n) is 5.69. The molecule has 102 valence electrons. The summed E-state index contributed by atoms with van der Waals surface area (Å²) in [7, 11) is 1.66. The zero-order chi connectivity index (χ0) is 13.9. The van der Waals surface area contributed by atoms with E-state index in [0.717, 1.165) is 18.5 Å². The highest BCUT2D eigenvalue weighted by Crippen LogP contribution is 2.27. The Hall–Kier alpha value is -1.76. The Morgan fingerprint density at radius 3 is 2.95 bits per heavy atom. The molecule has 1 aliphatic carbocycles. The summed E-state index contributed by atoms with van der Waals surface area (Å²) in [5.74, 6) is 7.36. The number of hydrogen-bond acceptors (Lipinski definition) is 3. The lowest BCUT2D eigenvalue weighted by molar-refractivity contribution is -0.129. The normalized spacial score (nSPS) is 14.7. The van der Waals surface area contributed by atoms with E-state index in [4.69, 9.17) is 4.52 Å².